The minimum atomic E-state index is -5.71. The van der Waals surface area contributed by atoms with Gasteiger partial charge in [0.25, 0.3) is 0 Å². The van der Waals surface area contributed by atoms with Gasteiger partial charge < -0.3 is 63.3 Å². The van der Waals surface area contributed by atoms with E-state index in [1.165, 1.54) is 0 Å². The SMILES string of the molecule is O.O=P([O-])([O-])OC[C@H]1O[C@@](CO)(OP(=O)([O-])[O-])[C@@H](O)[C@@H]1O.[Na+].[Na+].[Na+].[Na+]. The van der Waals surface area contributed by atoms with Gasteiger partial charge in [-0.05, 0) is 0 Å². The molecule has 4 atom stereocenters. The average Bonchev–Trinajstić information content (AvgIpc) is 2.49. The number of rotatable bonds is 6. The largest absolute Gasteiger partial charge is 1.00 e. The molecule has 0 spiro atoms. The van der Waals surface area contributed by atoms with Gasteiger partial charge in [-0.25, -0.2) is 0 Å². The molecule has 128 valence electrons. The fourth-order valence-electron chi connectivity index (χ4n) is 1.58. The van der Waals surface area contributed by atoms with E-state index in [-0.39, 0.29) is 124 Å². The molecular formula is C6H12Na4O13P2. The summed E-state index contributed by atoms with van der Waals surface area (Å²) in [6.07, 6.45) is -5.89. The van der Waals surface area contributed by atoms with E-state index in [1.807, 2.05) is 0 Å². The molecule has 0 saturated carbocycles. The van der Waals surface area contributed by atoms with Crippen LogP contribution in [0.4, 0.5) is 0 Å². The molecule has 0 radical (unpaired) electrons. The zero-order chi connectivity index (χ0) is 15.8. The smallest absolute Gasteiger partial charge is 0.790 e. The molecule has 1 saturated heterocycles. The van der Waals surface area contributed by atoms with Crippen molar-refractivity contribution in [3.63, 3.8) is 0 Å². The quantitative estimate of drug-likeness (QED) is 0.254. The number of hydrogen-bond acceptors (Lipinski definition) is 12. The first-order valence-corrected chi connectivity index (χ1v) is 7.86. The van der Waals surface area contributed by atoms with Gasteiger partial charge in [0.1, 0.15) is 24.9 Å². The molecule has 5 N–H and O–H groups in total. The number of aliphatic hydroxyl groups is 3. The summed E-state index contributed by atoms with van der Waals surface area (Å²) in [6, 6.07) is 0. The van der Waals surface area contributed by atoms with Gasteiger partial charge in [0, 0.05) is 0 Å². The maximum absolute atomic E-state index is 10.5. The molecule has 0 aromatic carbocycles. The normalized spacial score (nSPS) is 28.4. The average molecular weight is 446 g/mol. The first kappa shape index (κ1) is 39.5. The summed E-state index contributed by atoms with van der Waals surface area (Å²) in [4.78, 5) is 41.6. The van der Waals surface area contributed by atoms with Crippen molar-refractivity contribution in [1.29, 1.82) is 0 Å². The molecule has 0 bridgehead atoms. The van der Waals surface area contributed by atoms with Crippen LogP contribution in [0.2, 0.25) is 0 Å². The summed E-state index contributed by atoms with van der Waals surface area (Å²) >= 11 is 0. The van der Waals surface area contributed by atoms with Crippen LogP contribution >= 0.6 is 15.6 Å². The molecule has 1 fully saturated rings. The Hall–Kier alpha value is 4.02. The van der Waals surface area contributed by atoms with Crippen LogP contribution in [0.5, 0.6) is 0 Å². The van der Waals surface area contributed by atoms with Gasteiger partial charge in [0.05, 0.1) is 22.3 Å². The van der Waals surface area contributed by atoms with Gasteiger partial charge in [0.2, 0.25) is 5.79 Å². The van der Waals surface area contributed by atoms with E-state index in [0.717, 1.165) is 0 Å². The number of phosphoric ester groups is 2. The van der Waals surface area contributed by atoms with Crippen molar-refractivity contribution in [2.75, 3.05) is 13.2 Å². The molecule has 0 aromatic heterocycles. The minimum absolute atomic E-state index is 0. The molecule has 13 nitrogen and oxygen atoms in total. The molecular weight excluding hydrogens is 434 g/mol. The summed E-state index contributed by atoms with van der Waals surface area (Å²) in [5.41, 5.74) is 0. The zero-order valence-electron chi connectivity index (χ0n) is 14.1. The fourth-order valence-corrected chi connectivity index (χ4v) is 2.50. The fraction of sp³-hybridized carbons (Fsp3) is 1.00. The first-order chi connectivity index (χ1) is 8.90. The molecule has 1 heterocycles. The van der Waals surface area contributed by atoms with Crippen molar-refractivity contribution in [3.8, 4) is 0 Å². The van der Waals surface area contributed by atoms with Crippen molar-refractivity contribution in [2.24, 2.45) is 0 Å². The molecule has 0 unspecified atom stereocenters. The first-order valence-electron chi connectivity index (χ1n) is 4.94. The molecule has 0 amide bonds. The third kappa shape index (κ3) is 13.1. The minimum Gasteiger partial charge on any atom is -0.790 e. The van der Waals surface area contributed by atoms with E-state index in [0.29, 0.717) is 0 Å². The summed E-state index contributed by atoms with van der Waals surface area (Å²) in [5, 5.41) is 28.0. The van der Waals surface area contributed by atoms with E-state index in [2.05, 4.69) is 13.8 Å². The Morgan fingerprint density at radius 2 is 1.44 bits per heavy atom. The number of phosphoric acid groups is 2. The van der Waals surface area contributed by atoms with Gasteiger partial charge in [-0.2, -0.15) is 0 Å². The Balaban J connectivity index is -0.000000267. The topological polar surface area (TPSA) is 246 Å². The number of ether oxygens (including phenoxy) is 1. The van der Waals surface area contributed by atoms with Crippen LogP contribution in [0, 0.1) is 0 Å². The second-order valence-corrected chi connectivity index (χ2v) is 6.07. The van der Waals surface area contributed by atoms with Gasteiger partial charge in [0.15, 0.2) is 0 Å². The van der Waals surface area contributed by atoms with Crippen LogP contribution in [0.3, 0.4) is 0 Å². The maximum Gasteiger partial charge on any atom is 1.00 e. The predicted octanol–water partition coefficient (Wildman–Crippen LogP) is -18.3. The van der Waals surface area contributed by atoms with Crippen LogP contribution in [-0.4, -0.2) is 58.1 Å². The molecule has 1 aliphatic rings. The Bertz CT molecular complexity index is 444. The number of aliphatic hydroxyl groups excluding tert-OH is 3. The van der Waals surface area contributed by atoms with Crippen molar-refractivity contribution < 1.29 is 182 Å². The molecule has 1 aliphatic heterocycles. The Labute approximate surface area is 231 Å². The third-order valence-corrected chi connectivity index (χ3v) is 3.39. The van der Waals surface area contributed by atoms with Crippen LogP contribution in [0.15, 0.2) is 0 Å². The molecule has 0 aromatic rings. The standard InChI is InChI=1S/C6H14O12P2.4Na.H2O/c7-2-6(18-20(13,14)15)5(9)4(8)3(17-6)1-16-19(10,11)12;;;;;/h3-5,7-9H,1-2H2,(H2,10,11,12)(H2,13,14,15);;;;;1H2/q;4*+1;/p-4/t3-,4-,5+,6+;;;;;/m1...../s1. The van der Waals surface area contributed by atoms with Crippen molar-refractivity contribution in [1.82, 2.24) is 0 Å². The summed E-state index contributed by atoms with van der Waals surface area (Å²) in [6.45, 7) is -2.42. The monoisotopic (exact) mass is 446 g/mol. The second-order valence-electron chi connectivity index (χ2n) is 3.84. The molecule has 19 heteroatoms. The van der Waals surface area contributed by atoms with Crippen LogP contribution < -0.4 is 138 Å². The van der Waals surface area contributed by atoms with Crippen molar-refractivity contribution in [2.45, 2.75) is 24.1 Å². The van der Waals surface area contributed by atoms with E-state index < -0.39 is 53.0 Å². The van der Waals surface area contributed by atoms with Crippen LogP contribution in [-0.2, 0) is 22.9 Å². The van der Waals surface area contributed by atoms with Crippen LogP contribution in [0.25, 0.3) is 0 Å². The number of hydrogen-bond donors (Lipinski definition) is 3. The molecule has 25 heavy (non-hydrogen) atoms. The Morgan fingerprint density at radius 3 is 1.76 bits per heavy atom. The van der Waals surface area contributed by atoms with E-state index in [9.17, 15) is 38.9 Å². The second kappa shape index (κ2) is 15.8. The van der Waals surface area contributed by atoms with Gasteiger partial charge in [-0.1, -0.05) is 0 Å². The molecule has 1 rings (SSSR count). The van der Waals surface area contributed by atoms with E-state index >= 15 is 0 Å². The maximum atomic E-state index is 10.5. The van der Waals surface area contributed by atoms with E-state index in [1.54, 1.807) is 0 Å². The zero-order valence-corrected chi connectivity index (χ0v) is 23.8. The third-order valence-electron chi connectivity index (χ3n) is 2.39. The van der Waals surface area contributed by atoms with Gasteiger partial charge >= 0.3 is 118 Å². The summed E-state index contributed by atoms with van der Waals surface area (Å²) < 4.78 is 33.1. The van der Waals surface area contributed by atoms with Gasteiger partial charge in [-0.3, -0.25) is 0 Å². The van der Waals surface area contributed by atoms with Crippen molar-refractivity contribution >= 4 is 15.6 Å². The van der Waals surface area contributed by atoms with Gasteiger partial charge in [-0.15, -0.1) is 0 Å². The van der Waals surface area contributed by atoms with Crippen LogP contribution in [0.1, 0.15) is 0 Å². The predicted molar refractivity (Wildman–Crippen MR) is 52.6 cm³/mol. The Morgan fingerprint density at radius 1 is 1.00 bits per heavy atom. The summed E-state index contributed by atoms with van der Waals surface area (Å²) in [5.74, 6) is -2.80. The summed E-state index contributed by atoms with van der Waals surface area (Å²) in [7, 11) is -11.1. The van der Waals surface area contributed by atoms with Crippen molar-refractivity contribution in [3.05, 3.63) is 0 Å². The Kier molecular flexibility index (Phi) is 24.9. The molecule has 0 aliphatic carbocycles. The van der Waals surface area contributed by atoms with E-state index in [4.69, 9.17) is 5.11 Å².